The monoisotopic (exact) mass is 286 g/mol. The summed E-state index contributed by atoms with van der Waals surface area (Å²) in [4.78, 5) is 26.2. The maximum atomic E-state index is 12.0. The van der Waals surface area contributed by atoms with Gasteiger partial charge in [0.15, 0.2) is 0 Å². The lowest BCUT2D eigenvalue weighted by atomic mass is 10.2. The predicted molar refractivity (Wildman–Crippen MR) is 75.8 cm³/mol. The van der Waals surface area contributed by atoms with Crippen molar-refractivity contribution in [2.24, 2.45) is 5.73 Å². The van der Waals surface area contributed by atoms with E-state index in [1.165, 1.54) is 6.08 Å². The lowest BCUT2D eigenvalue weighted by molar-refractivity contribution is -0.112. The van der Waals surface area contributed by atoms with Gasteiger partial charge < -0.3 is 16.0 Å². The summed E-state index contributed by atoms with van der Waals surface area (Å²) >= 11 is 1.13. The van der Waals surface area contributed by atoms with Crippen LogP contribution in [0.3, 0.4) is 0 Å². The Morgan fingerprint density at radius 3 is 2.85 bits per heavy atom. The van der Waals surface area contributed by atoms with Gasteiger partial charge in [0.1, 0.15) is 16.5 Å². The number of carbonyl (C=O) groups excluding carboxylic acids is 2. The van der Waals surface area contributed by atoms with Crippen LogP contribution in [0.5, 0.6) is 0 Å². The molecule has 2 aromatic heterocycles. The number of amides is 2. The molecule has 0 aliphatic rings. The van der Waals surface area contributed by atoms with E-state index in [2.05, 4.69) is 10.3 Å². The van der Waals surface area contributed by atoms with Crippen LogP contribution in [0.1, 0.15) is 15.4 Å². The second kappa shape index (κ2) is 5.86. The highest BCUT2D eigenvalue weighted by Gasteiger charge is 2.15. The number of aromatic amines is 1. The van der Waals surface area contributed by atoms with Crippen LogP contribution in [0.2, 0.25) is 0 Å². The molecule has 2 heterocycles. The third-order valence-electron chi connectivity index (χ3n) is 2.42. The van der Waals surface area contributed by atoms with Gasteiger partial charge in [0.2, 0.25) is 0 Å². The molecule has 2 aromatic rings. The molecule has 2 rings (SSSR count). The van der Waals surface area contributed by atoms with Gasteiger partial charge in [-0.1, -0.05) is 0 Å². The van der Waals surface area contributed by atoms with E-state index >= 15 is 0 Å². The number of hydrogen-bond acceptors (Lipinski definition) is 4. The third-order valence-corrected chi connectivity index (χ3v) is 3.35. The molecule has 0 aliphatic carbocycles. The maximum Gasteiger partial charge on any atom is 0.266 e. The summed E-state index contributed by atoms with van der Waals surface area (Å²) in [5.74, 6) is -1.22. The van der Waals surface area contributed by atoms with Gasteiger partial charge in [-0.2, -0.15) is 5.26 Å². The van der Waals surface area contributed by atoms with Crippen LogP contribution in [-0.2, 0) is 4.79 Å². The van der Waals surface area contributed by atoms with Crippen LogP contribution in [0.15, 0.2) is 35.3 Å². The Bertz CT molecular complexity index is 707. The molecule has 0 saturated heterocycles. The zero-order chi connectivity index (χ0) is 14.5. The summed E-state index contributed by atoms with van der Waals surface area (Å²) in [5.41, 5.74) is 6.06. The van der Waals surface area contributed by atoms with Crippen LogP contribution in [0, 0.1) is 11.3 Å². The molecule has 2 amide bonds. The number of nitrogens with zero attached hydrogens (tertiary/aromatic N) is 1. The molecule has 0 radical (unpaired) electrons. The summed E-state index contributed by atoms with van der Waals surface area (Å²) in [6.07, 6.45) is 3.11. The molecule has 0 bridgehead atoms. The lowest BCUT2D eigenvalue weighted by Crippen LogP contribution is -2.17. The van der Waals surface area contributed by atoms with Crippen LogP contribution in [0.4, 0.5) is 5.69 Å². The fraction of sp³-hybridized carbons (Fsp3) is 0. The van der Waals surface area contributed by atoms with Gasteiger partial charge in [-0.05, 0) is 29.7 Å². The second-order valence-corrected chi connectivity index (χ2v) is 4.69. The van der Waals surface area contributed by atoms with E-state index in [4.69, 9.17) is 11.0 Å². The molecule has 0 saturated carbocycles. The molecular formula is C13H10N4O2S. The maximum absolute atomic E-state index is 12.0. The van der Waals surface area contributed by atoms with Gasteiger partial charge in [-0.3, -0.25) is 9.59 Å². The number of hydrogen-bond donors (Lipinski definition) is 3. The number of nitriles is 1. The lowest BCUT2D eigenvalue weighted by Gasteiger charge is -2.03. The number of nitrogens with two attached hydrogens (primary N) is 1. The highest BCUT2D eigenvalue weighted by atomic mass is 32.1. The van der Waals surface area contributed by atoms with Crippen molar-refractivity contribution < 1.29 is 9.59 Å². The molecule has 0 atom stereocenters. The number of anilines is 1. The summed E-state index contributed by atoms with van der Waals surface area (Å²) in [7, 11) is 0. The first-order valence-electron chi connectivity index (χ1n) is 5.55. The van der Waals surface area contributed by atoms with E-state index < -0.39 is 11.8 Å². The molecule has 0 unspecified atom stereocenters. The summed E-state index contributed by atoms with van der Waals surface area (Å²) in [6, 6.07) is 6.86. The Balaban J connectivity index is 2.21. The van der Waals surface area contributed by atoms with Gasteiger partial charge in [-0.15, -0.1) is 11.3 Å². The van der Waals surface area contributed by atoms with Crippen LogP contribution < -0.4 is 11.1 Å². The number of rotatable bonds is 4. The minimum absolute atomic E-state index is 0.0749. The molecular weight excluding hydrogens is 276 g/mol. The van der Waals surface area contributed by atoms with Crippen LogP contribution in [0.25, 0.3) is 6.08 Å². The van der Waals surface area contributed by atoms with Crippen molar-refractivity contribution in [2.45, 2.75) is 0 Å². The Kier molecular flexibility index (Phi) is 3.98. The first kappa shape index (κ1) is 13.6. The quantitative estimate of drug-likeness (QED) is 0.587. The first-order chi connectivity index (χ1) is 9.61. The van der Waals surface area contributed by atoms with Crippen molar-refractivity contribution in [2.75, 3.05) is 5.32 Å². The van der Waals surface area contributed by atoms with Crippen molar-refractivity contribution in [3.63, 3.8) is 0 Å². The summed E-state index contributed by atoms with van der Waals surface area (Å²) in [6.45, 7) is 0. The Morgan fingerprint density at radius 1 is 1.45 bits per heavy atom. The van der Waals surface area contributed by atoms with E-state index in [-0.39, 0.29) is 10.5 Å². The average Bonchev–Trinajstić information content (AvgIpc) is 3.06. The fourth-order valence-electron chi connectivity index (χ4n) is 1.53. The third kappa shape index (κ3) is 2.93. The number of aromatic nitrogens is 1. The average molecular weight is 286 g/mol. The zero-order valence-electron chi connectivity index (χ0n) is 10.2. The normalized spacial score (nSPS) is 10.8. The Hall–Kier alpha value is -2.85. The van der Waals surface area contributed by atoms with Gasteiger partial charge in [-0.25, -0.2) is 0 Å². The standard InChI is InChI=1S/C13H10N4O2S/c14-7-8(6-9-2-1-4-16-9)13(19)17-10-3-5-20-11(10)12(15)18/h1-6,16H,(H2,15,18)(H,17,19). The van der Waals surface area contributed by atoms with E-state index in [1.807, 2.05) is 6.07 Å². The summed E-state index contributed by atoms with van der Waals surface area (Å²) in [5, 5.41) is 13.2. The Morgan fingerprint density at radius 2 is 2.25 bits per heavy atom. The number of thiophene rings is 1. The minimum atomic E-state index is -0.623. The molecule has 4 N–H and O–H groups in total. The van der Waals surface area contributed by atoms with Gasteiger partial charge in [0, 0.05) is 11.9 Å². The number of H-pyrrole nitrogens is 1. The van der Waals surface area contributed by atoms with Crippen molar-refractivity contribution in [3.05, 3.63) is 45.9 Å². The van der Waals surface area contributed by atoms with E-state index in [0.29, 0.717) is 11.4 Å². The molecule has 0 fully saturated rings. The molecule has 6 nitrogen and oxygen atoms in total. The van der Waals surface area contributed by atoms with Crippen LogP contribution in [-0.4, -0.2) is 16.8 Å². The number of nitrogens with one attached hydrogen (secondary N) is 2. The summed E-state index contributed by atoms with van der Waals surface area (Å²) < 4.78 is 0. The second-order valence-electron chi connectivity index (χ2n) is 3.78. The van der Waals surface area contributed by atoms with Crippen molar-refractivity contribution in [1.29, 1.82) is 5.26 Å². The first-order valence-corrected chi connectivity index (χ1v) is 6.43. The van der Waals surface area contributed by atoms with E-state index in [1.54, 1.807) is 29.8 Å². The highest BCUT2D eigenvalue weighted by molar-refractivity contribution is 7.12. The molecule has 0 aromatic carbocycles. The molecule has 0 spiro atoms. The topological polar surface area (TPSA) is 112 Å². The van der Waals surface area contributed by atoms with Gasteiger partial charge >= 0.3 is 0 Å². The molecule has 0 aliphatic heterocycles. The smallest absolute Gasteiger partial charge is 0.266 e. The van der Waals surface area contributed by atoms with Crippen molar-refractivity contribution in [1.82, 2.24) is 4.98 Å². The van der Waals surface area contributed by atoms with Gasteiger partial charge in [0.05, 0.1) is 5.69 Å². The Labute approximate surface area is 118 Å². The van der Waals surface area contributed by atoms with Gasteiger partial charge in [0.25, 0.3) is 11.8 Å². The number of carbonyl (C=O) groups is 2. The largest absolute Gasteiger partial charge is 0.365 e. The molecule has 100 valence electrons. The zero-order valence-corrected chi connectivity index (χ0v) is 11.0. The number of primary amides is 1. The molecule has 20 heavy (non-hydrogen) atoms. The predicted octanol–water partition coefficient (Wildman–Crippen LogP) is 1.72. The fourth-order valence-corrected chi connectivity index (χ4v) is 2.23. The van der Waals surface area contributed by atoms with E-state index in [0.717, 1.165) is 11.3 Å². The van der Waals surface area contributed by atoms with Crippen molar-refractivity contribution >= 4 is 34.9 Å². The van der Waals surface area contributed by atoms with Crippen LogP contribution >= 0.6 is 11.3 Å². The minimum Gasteiger partial charge on any atom is -0.365 e. The molecule has 7 heteroatoms. The van der Waals surface area contributed by atoms with E-state index in [9.17, 15) is 9.59 Å². The highest BCUT2D eigenvalue weighted by Crippen LogP contribution is 2.22. The SMILES string of the molecule is N#CC(=Cc1ccc[nH]1)C(=O)Nc1ccsc1C(N)=O. The van der Waals surface area contributed by atoms with Crippen molar-refractivity contribution in [3.8, 4) is 6.07 Å².